The van der Waals surface area contributed by atoms with E-state index in [1.807, 2.05) is 20.8 Å². The van der Waals surface area contributed by atoms with E-state index in [0.29, 0.717) is 6.54 Å². The van der Waals surface area contributed by atoms with Crippen LogP contribution in [0.1, 0.15) is 33.6 Å². The van der Waals surface area contributed by atoms with E-state index in [4.69, 9.17) is 10.5 Å². The fraction of sp³-hybridized carbons (Fsp3) is 1.00. The predicted octanol–water partition coefficient (Wildman–Crippen LogP) is 1.15. The van der Waals surface area contributed by atoms with Crippen molar-refractivity contribution in [3.05, 3.63) is 0 Å². The molecule has 0 aliphatic rings. The highest BCUT2D eigenvalue weighted by Crippen LogP contribution is 2.25. The van der Waals surface area contributed by atoms with Crippen molar-refractivity contribution < 1.29 is 9.84 Å². The number of aliphatic hydroxyl groups excluding tert-OH is 1. The van der Waals surface area contributed by atoms with E-state index in [1.54, 1.807) is 7.11 Å². The van der Waals surface area contributed by atoms with Gasteiger partial charge in [0.1, 0.15) is 0 Å². The first kappa shape index (κ1) is 12.9. The van der Waals surface area contributed by atoms with Gasteiger partial charge in [-0.3, -0.25) is 0 Å². The van der Waals surface area contributed by atoms with Gasteiger partial charge in [0.05, 0.1) is 11.7 Å². The van der Waals surface area contributed by atoms with Gasteiger partial charge in [0, 0.05) is 7.11 Å². The van der Waals surface area contributed by atoms with Gasteiger partial charge in [0.2, 0.25) is 0 Å². The largest absolute Gasteiger partial charge is 0.390 e. The van der Waals surface area contributed by atoms with Crippen molar-refractivity contribution in [2.75, 3.05) is 13.7 Å². The predicted molar refractivity (Wildman–Crippen MR) is 54.5 cm³/mol. The van der Waals surface area contributed by atoms with Crippen LogP contribution in [0.2, 0.25) is 0 Å². The monoisotopic (exact) mass is 189 g/mol. The zero-order chi connectivity index (χ0) is 10.5. The van der Waals surface area contributed by atoms with Crippen molar-refractivity contribution in [1.82, 2.24) is 0 Å². The second kappa shape index (κ2) is 5.58. The molecule has 3 unspecified atom stereocenters. The molecule has 13 heavy (non-hydrogen) atoms. The molecule has 0 fully saturated rings. The van der Waals surface area contributed by atoms with Gasteiger partial charge in [-0.1, -0.05) is 13.8 Å². The Hall–Kier alpha value is -0.120. The summed E-state index contributed by atoms with van der Waals surface area (Å²) in [5, 5.41) is 10.0. The molecule has 0 aliphatic carbocycles. The maximum Gasteiger partial charge on any atom is 0.0909 e. The Labute approximate surface area is 81.3 Å². The van der Waals surface area contributed by atoms with Gasteiger partial charge in [-0.05, 0) is 32.2 Å². The Morgan fingerprint density at radius 3 is 2.23 bits per heavy atom. The smallest absolute Gasteiger partial charge is 0.0909 e. The molecule has 0 aromatic heterocycles. The molecule has 3 nitrogen and oxygen atoms in total. The standard InChI is InChI=1S/C10H23NO2/c1-5-8(7-11)9(12)10(3,6-2)13-4/h8-9,12H,5-7,11H2,1-4H3. The van der Waals surface area contributed by atoms with E-state index in [2.05, 4.69) is 0 Å². The number of aliphatic hydroxyl groups is 1. The Balaban J connectivity index is 4.42. The van der Waals surface area contributed by atoms with Crippen LogP contribution in [0.25, 0.3) is 0 Å². The van der Waals surface area contributed by atoms with Crippen LogP contribution in [0.4, 0.5) is 0 Å². The third-order valence-corrected chi connectivity index (χ3v) is 3.07. The lowest BCUT2D eigenvalue weighted by atomic mass is 9.85. The van der Waals surface area contributed by atoms with E-state index in [0.717, 1.165) is 12.8 Å². The van der Waals surface area contributed by atoms with Crippen molar-refractivity contribution in [2.24, 2.45) is 11.7 Å². The van der Waals surface area contributed by atoms with E-state index in [9.17, 15) is 5.11 Å². The van der Waals surface area contributed by atoms with Gasteiger partial charge in [-0.15, -0.1) is 0 Å². The van der Waals surface area contributed by atoms with Crippen LogP contribution < -0.4 is 5.73 Å². The second-order valence-electron chi connectivity index (χ2n) is 3.72. The van der Waals surface area contributed by atoms with Crippen molar-refractivity contribution in [3.8, 4) is 0 Å². The molecule has 0 saturated heterocycles. The van der Waals surface area contributed by atoms with Crippen LogP contribution in [0.15, 0.2) is 0 Å². The van der Waals surface area contributed by atoms with Crippen LogP contribution in [0.5, 0.6) is 0 Å². The highest BCUT2D eigenvalue weighted by Gasteiger charge is 2.35. The van der Waals surface area contributed by atoms with Crippen LogP contribution in [-0.2, 0) is 4.74 Å². The Kier molecular flexibility index (Phi) is 5.53. The third-order valence-electron chi connectivity index (χ3n) is 3.07. The first-order chi connectivity index (χ1) is 6.05. The summed E-state index contributed by atoms with van der Waals surface area (Å²) in [6, 6.07) is 0. The average Bonchev–Trinajstić information content (AvgIpc) is 2.18. The summed E-state index contributed by atoms with van der Waals surface area (Å²) in [5.41, 5.74) is 5.12. The normalized spacial score (nSPS) is 20.8. The molecule has 0 bridgehead atoms. The molecule has 0 spiro atoms. The minimum atomic E-state index is -0.475. The van der Waals surface area contributed by atoms with E-state index in [-0.39, 0.29) is 5.92 Å². The van der Waals surface area contributed by atoms with E-state index >= 15 is 0 Å². The first-order valence-corrected chi connectivity index (χ1v) is 4.99. The summed E-state index contributed by atoms with van der Waals surface area (Å²) >= 11 is 0. The quantitative estimate of drug-likeness (QED) is 0.659. The molecule has 0 amide bonds. The molecule has 80 valence electrons. The lowest BCUT2D eigenvalue weighted by Crippen LogP contribution is -2.47. The van der Waals surface area contributed by atoms with E-state index in [1.165, 1.54) is 0 Å². The maximum atomic E-state index is 10.0. The van der Waals surface area contributed by atoms with Gasteiger partial charge >= 0.3 is 0 Å². The summed E-state index contributed by atoms with van der Waals surface area (Å²) < 4.78 is 5.33. The molecular formula is C10H23NO2. The van der Waals surface area contributed by atoms with Crippen molar-refractivity contribution in [2.45, 2.75) is 45.3 Å². The summed E-state index contributed by atoms with van der Waals surface area (Å²) in [7, 11) is 1.63. The maximum absolute atomic E-state index is 10.0. The molecule has 0 aliphatic heterocycles. The molecule has 0 heterocycles. The molecule has 0 aromatic rings. The highest BCUT2D eigenvalue weighted by atomic mass is 16.5. The number of rotatable bonds is 6. The minimum Gasteiger partial charge on any atom is -0.390 e. The highest BCUT2D eigenvalue weighted by molar-refractivity contribution is 4.87. The number of hydrogen-bond donors (Lipinski definition) is 2. The van der Waals surface area contributed by atoms with Crippen molar-refractivity contribution in [3.63, 3.8) is 0 Å². The number of ether oxygens (including phenoxy) is 1. The summed E-state index contributed by atoms with van der Waals surface area (Å²) in [6.07, 6.45) is 1.20. The fourth-order valence-corrected chi connectivity index (χ4v) is 1.49. The lowest BCUT2D eigenvalue weighted by Gasteiger charge is -2.36. The zero-order valence-electron chi connectivity index (χ0n) is 9.21. The topological polar surface area (TPSA) is 55.5 Å². The van der Waals surface area contributed by atoms with Gasteiger partial charge in [0.15, 0.2) is 0 Å². The van der Waals surface area contributed by atoms with Gasteiger partial charge < -0.3 is 15.6 Å². The minimum absolute atomic E-state index is 0.130. The molecule has 3 atom stereocenters. The van der Waals surface area contributed by atoms with Crippen LogP contribution in [0.3, 0.4) is 0 Å². The molecule has 3 N–H and O–H groups in total. The summed E-state index contributed by atoms with van der Waals surface area (Å²) in [6.45, 7) is 6.48. The molecule has 0 aromatic carbocycles. The SMILES string of the molecule is CCC(CN)C(O)C(C)(CC)OC. The van der Waals surface area contributed by atoms with Crippen molar-refractivity contribution in [1.29, 1.82) is 0 Å². The van der Waals surface area contributed by atoms with Crippen LogP contribution in [0, 0.1) is 5.92 Å². The van der Waals surface area contributed by atoms with Crippen LogP contribution in [-0.4, -0.2) is 30.5 Å². The summed E-state index contributed by atoms with van der Waals surface area (Å²) in [5.74, 6) is 0.130. The zero-order valence-corrected chi connectivity index (χ0v) is 9.21. The van der Waals surface area contributed by atoms with Crippen molar-refractivity contribution >= 4 is 0 Å². The Morgan fingerprint density at radius 2 is 2.00 bits per heavy atom. The molecule has 0 rings (SSSR count). The molecular weight excluding hydrogens is 166 g/mol. The molecule has 0 radical (unpaired) electrons. The molecule has 3 heteroatoms. The lowest BCUT2D eigenvalue weighted by molar-refractivity contribution is -0.114. The van der Waals surface area contributed by atoms with Gasteiger partial charge in [-0.25, -0.2) is 0 Å². The molecule has 0 saturated carbocycles. The number of methoxy groups -OCH3 is 1. The van der Waals surface area contributed by atoms with Gasteiger partial charge in [0.25, 0.3) is 0 Å². The fourth-order valence-electron chi connectivity index (χ4n) is 1.49. The second-order valence-corrected chi connectivity index (χ2v) is 3.72. The third kappa shape index (κ3) is 2.93. The Morgan fingerprint density at radius 1 is 1.46 bits per heavy atom. The average molecular weight is 189 g/mol. The number of nitrogens with two attached hydrogens (primary N) is 1. The van der Waals surface area contributed by atoms with Crippen LogP contribution >= 0.6 is 0 Å². The van der Waals surface area contributed by atoms with E-state index < -0.39 is 11.7 Å². The summed E-state index contributed by atoms with van der Waals surface area (Å²) in [4.78, 5) is 0. The first-order valence-electron chi connectivity index (χ1n) is 4.99. The number of hydrogen-bond acceptors (Lipinski definition) is 3. The Bertz CT molecular complexity index is 131. The van der Waals surface area contributed by atoms with Gasteiger partial charge in [-0.2, -0.15) is 0 Å².